The first kappa shape index (κ1) is 34.6. The lowest BCUT2D eigenvalue weighted by molar-refractivity contribution is -0.143. The van der Waals surface area contributed by atoms with Crippen molar-refractivity contribution in [2.45, 2.75) is 91.3 Å². The third-order valence-electron chi connectivity index (χ3n) is 6.86. The fourth-order valence-corrected chi connectivity index (χ4v) is 4.22. The maximum Gasteiger partial charge on any atom is 0.258 e. The van der Waals surface area contributed by atoms with Crippen LogP contribution in [-0.2, 0) is 25.6 Å². The van der Waals surface area contributed by atoms with Crippen LogP contribution in [0.25, 0.3) is 6.08 Å². The van der Waals surface area contributed by atoms with Gasteiger partial charge in [0.25, 0.3) is 5.91 Å². The highest BCUT2D eigenvalue weighted by Crippen LogP contribution is 2.12. The van der Waals surface area contributed by atoms with Crippen molar-refractivity contribution >= 4 is 29.7 Å². The fourth-order valence-electron chi connectivity index (χ4n) is 4.22. The summed E-state index contributed by atoms with van der Waals surface area (Å²) in [7, 11) is 0. The molecule has 0 saturated carbocycles. The van der Waals surface area contributed by atoms with Gasteiger partial charge in [0.2, 0.25) is 17.7 Å². The highest BCUT2D eigenvalue weighted by Gasteiger charge is 2.32. The van der Waals surface area contributed by atoms with E-state index in [2.05, 4.69) is 60.4 Å². The molecular weight excluding hydrogens is 506 g/mol. The fraction of sp³-hybridized carbons (Fsp3) is 0.548. The number of hydrazine groups is 1. The summed E-state index contributed by atoms with van der Waals surface area (Å²) in [5, 5.41) is 6.82. The van der Waals surface area contributed by atoms with Crippen LogP contribution in [0.3, 0.4) is 0 Å². The summed E-state index contributed by atoms with van der Waals surface area (Å²) in [5.41, 5.74) is 10.7. The number of aryl methyl sites for hydroxylation is 1. The number of rotatable bonds is 13. The van der Waals surface area contributed by atoms with E-state index >= 15 is 0 Å². The molecule has 4 atom stereocenters. The molecule has 40 heavy (non-hydrogen) atoms. The summed E-state index contributed by atoms with van der Waals surface area (Å²) in [4.78, 5) is 49.3. The molecule has 0 radical (unpaired) electrons. The third-order valence-corrected chi connectivity index (χ3v) is 6.86. The Bertz CT molecular complexity index is 1010. The maximum absolute atomic E-state index is 12.8. The van der Waals surface area contributed by atoms with E-state index in [9.17, 15) is 19.2 Å². The van der Waals surface area contributed by atoms with Crippen molar-refractivity contribution in [2.75, 3.05) is 6.54 Å². The molecule has 0 bridgehead atoms. The first-order valence-electron chi connectivity index (χ1n) is 14.2. The van der Waals surface area contributed by atoms with Crippen LogP contribution in [0.1, 0.15) is 77.8 Å². The number of allylic oxidation sites excluding steroid dienone is 1. The zero-order chi connectivity index (χ0) is 30.2. The summed E-state index contributed by atoms with van der Waals surface area (Å²) >= 11 is 0. The molecule has 9 nitrogen and oxygen atoms in total. The topological polar surface area (TPSA) is 134 Å². The summed E-state index contributed by atoms with van der Waals surface area (Å²) in [6, 6.07) is 6.25. The molecule has 1 aliphatic heterocycles. The number of unbranched alkanes of at least 4 members (excludes halogenated alkanes) is 1. The van der Waals surface area contributed by atoms with E-state index in [1.54, 1.807) is 6.92 Å². The zero-order valence-corrected chi connectivity index (χ0v) is 24.9. The average Bonchev–Trinajstić information content (AvgIpc) is 2.95. The molecule has 1 aromatic carbocycles. The molecule has 2 rings (SSSR count). The number of nitrogens with one attached hydrogen (secondary N) is 3. The number of amides is 4. The van der Waals surface area contributed by atoms with Gasteiger partial charge in [-0.1, -0.05) is 70.7 Å². The third kappa shape index (κ3) is 11.7. The van der Waals surface area contributed by atoms with Gasteiger partial charge in [-0.05, 0) is 62.5 Å². The van der Waals surface area contributed by atoms with E-state index in [1.807, 2.05) is 32.9 Å². The molecule has 1 fully saturated rings. The number of hydrogen-bond acceptors (Lipinski definition) is 5. The van der Waals surface area contributed by atoms with Crippen LogP contribution in [0, 0.1) is 11.8 Å². The Hall–Kier alpha value is -3.46. The number of carbonyl (C=O) groups is 4. The second kappa shape index (κ2) is 18.0. The second-order valence-electron chi connectivity index (χ2n) is 10.6. The van der Waals surface area contributed by atoms with E-state index in [0.717, 1.165) is 19.3 Å². The minimum absolute atomic E-state index is 0.149. The number of hydrogen-bond donors (Lipinski definition) is 4. The first-order chi connectivity index (χ1) is 18.9. The summed E-state index contributed by atoms with van der Waals surface area (Å²) in [5.74, 6) is -1.85. The molecule has 222 valence electrons. The Morgan fingerprint density at radius 1 is 1.12 bits per heavy atom. The lowest BCUT2D eigenvalue weighted by Gasteiger charge is -2.34. The molecule has 1 heterocycles. The number of nitrogens with two attached hydrogens (primary N) is 1. The average molecular weight is 556 g/mol. The highest BCUT2D eigenvalue weighted by atomic mass is 16.2. The number of primary amides is 1. The number of nitrogens with zero attached hydrogens (tertiary/aromatic N) is 1. The van der Waals surface area contributed by atoms with Crippen LogP contribution in [0.15, 0.2) is 43.5 Å². The second-order valence-corrected chi connectivity index (χ2v) is 10.6. The van der Waals surface area contributed by atoms with Gasteiger partial charge in [-0.3, -0.25) is 24.2 Å². The normalized spacial score (nSPS) is 16.9. The standard InChI is InChI=1S/C21H37N5O4.C10H12/c1-6-7-8-10-14(4)19(28)24-17(13(2)3)20(29)23-15(5)21(30)26-12-9-11-16(25-26)18(22)27;1-3-9-6-5-7-10(4-2)8-9/h6,13-17,25H,1,7-12H2,2-5H3,(H2,22,27)(H,23,29)(H,24,28);3,5-8H,1,4H2,2H3. The van der Waals surface area contributed by atoms with E-state index in [1.165, 1.54) is 16.1 Å². The maximum atomic E-state index is 12.8. The lowest BCUT2D eigenvalue weighted by Crippen LogP contribution is -2.61. The van der Waals surface area contributed by atoms with Gasteiger partial charge in [0.05, 0.1) is 0 Å². The molecule has 9 heteroatoms. The number of benzene rings is 1. The molecule has 1 aliphatic rings. The van der Waals surface area contributed by atoms with Crippen molar-refractivity contribution < 1.29 is 19.2 Å². The Morgan fingerprint density at radius 3 is 2.40 bits per heavy atom. The summed E-state index contributed by atoms with van der Waals surface area (Å²) in [6.45, 7) is 17.0. The Morgan fingerprint density at radius 2 is 1.82 bits per heavy atom. The van der Waals surface area contributed by atoms with E-state index < -0.39 is 29.9 Å². The molecule has 4 amide bonds. The summed E-state index contributed by atoms with van der Waals surface area (Å²) < 4.78 is 0. The van der Waals surface area contributed by atoms with Gasteiger partial charge in [0.15, 0.2) is 0 Å². The summed E-state index contributed by atoms with van der Waals surface area (Å²) in [6.07, 6.45) is 8.40. The Labute approximate surface area is 240 Å². The van der Waals surface area contributed by atoms with Crippen molar-refractivity contribution in [1.29, 1.82) is 0 Å². The molecule has 4 unspecified atom stereocenters. The van der Waals surface area contributed by atoms with Gasteiger partial charge in [-0.25, -0.2) is 5.43 Å². The van der Waals surface area contributed by atoms with Gasteiger partial charge in [0, 0.05) is 12.5 Å². The van der Waals surface area contributed by atoms with Crippen LogP contribution < -0.4 is 21.8 Å². The predicted molar refractivity (Wildman–Crippen MR) is 161 cm³/mol. The quantitative estimate of drug-likeness (QED) is 0.218. The van der Waals surface area contributed by atoms with Gasteiger partial charge < -0.3 is 16.4 Å². The molecule has 5 N–H and O–H groups in total. The minimum Gasteiger partial charge on any atom is -0.368 e. The van der Waals surface area contributed by atoms with Gasteiger partial charge in [-0.15, -0.1) is 6.58 Å². The van der Waals surface area contributed by atoms with Crippen molar-refractivity contribution in [1.82, 2.24) is 21.1 Å². The van der Waals surface area contributed by atoms with E-state index in [0.29, 0.717) is 25.8 Å². The van der Waals surface area contributed by atoms with E-state index in [4.69, 9.17) is 5.73 Å². The van der Waals surface area contributed by atoms with Crippen molar-refractivity contribution in [2.24, 2.45) is 17.6 Å². The van der Waals surface area contributed by atoms with Gasteiger partial charge in [-0.2, -0.15) is 0 Å². The molecule has 1 saturated heterocycles. The highest BCUT2D eigenvalue weighted by molar-refractivity contribution is 5.92. The monoisotopic (exact) mass is 555 g/mol. The largest absolute Gasteiger partial charge is 0.368 e. The Kier molecular flexibility index (Phi) is 15.6. The van der Waals surface area contributed by atoms with Gasteiger partial charge >= 0.3 is 0 Å². The first-order valence-corrected chi connectivity index (χ1v) is 14.2. The molecule has 1 aromatic rings. The SMILES string of the molecule is C=CCCCC(C)C(=O)NC(C(=O)NC(C)C(=O)N1CCCC(C(N)=O)N1)C(C)C.C=Cc1cccc(CC)c1. The molecule has 0 aliphatic carbocycles. The molecule has 0 spiro atoms. The number of carbonyl (C=O) groups excluding carboxylic acids is 4. The van der Waals surface area contributed by atoms with Crippen molar-refractivity contribution in [3.63, 3.8) is 0 Å². The van der Waals surface area contributed by atoms with Crippen LogP contribution in [0.4, 0.5) is 0 Å². The van der Waals surface area contributed by atoms with Crippen LogP contribution in [0.2, 0.25) is 0 Å². The van der Waals surface area contributed by atoms with Gasteiger partial charge in [0.1, 0.15) is 18.1 Å². The Balaban J connectivity index is 0.000000667. The molecule has 0 aromatic heterocycles. The van der Waals surface area contributed by atoms with Crippen molar-refractivity contribution in [3.8, 4) is 0 Å². The zero-order valence-electron chi connectivity index (χ0n) is 24.9. The van der Waals surface area contributed by atoms with Crippen LogP contribution in [0.5, 0.6) is 0 Å². The van der Waals surface area contributed by atoms with Crippen LogP contribution in [-0.4, -0.2) is 53.3 Å². The smallest absolute Gasteiger partial charge is 0.258 e. The van der Waals surface area contributed by atoms with Crippen LogP contribution >= 0.6 is 0 Å². The lowest BCUT2D eigenvalue weighted by atomic mass is 9.99. The van der Waals surface area contributed by atoms with Crippen molar-refractivity contribution in [3.05, 3.63) is 54.6 Å². The molecular formula is C31H49N5O4. The minimum atomic E-state index is -0.820. The predicted octanol–water partition coefficient (Wildman–Crippen LogP) is 3.50. The van der Waals surface area contributed by atoms with E-state index in [-0.39, 0.29) is 23.7 Å².